The van der Waals surface area contributed by atoms with Crippen molar-refractivity contribution in [2.75, 3.05) is 39.9 Å². The zero-order chi connectivity index (χ0) is 12.1. The second kappa shape index (κ2) is 6.36. The predicted molar refractivity (Wildman–Crippen MR) is 70.5 cm³/mol. The molecule has 4 heteroatoms. The number of piperazine rings is 1. The van der Waals surface area contributed by atoms with Crippen LogP contribution >= 0.6 is 11.6 Å². The van der Waals surface area contributed by atoms with Crippen LogP contribution in [-0.4, -0.2) is 44.8 Å². The minimum atomic E-state index is 0.354. The van der Waals surface area contributed by atoms with Crippen LogP contribution in [0.25, 0.3) is 0 Å². The average molecular weight is 255 g/mol. The molecule has 0 aliphatic carbocycles. The first kappa shape index (κ1) is 12.8. The van der Waals surface area contributed by atoms with Gasteiger partial charge in [-0.3, -0.25) is 4.90 Å². The van der Waals surface area contributed by atoms with E-state index in [-0.39, 0.29) is 0 Å². The average Bonchev–Trinajstić information content (AvgIpc) is 2.37. The standard InChI is InChI=1S/C13H19ClN2O/c1-17-9-8-16-7-6-15-10-13(16)11-4-2-3-5-12(11)14/h2-5,13,15H,6-10H2,1H3. The highest BCUT2D eigenvalue weighted by molar-refractivity contribution is 6.31. The molecule has 0 amide bonds. The second-order valence-corrected chi connectivity index (χ2v) is 4.68. The van der Waals surface area contributed by atoms with E-state index in [1.54, 1.807) is 7.11 Å². The first-order valence-electron chi connectivity index (χ1n) is 6.01. The Labute approximate surface area is 108 Å². The Balaban J connectivity index is 2.13. The zero-order valence-corrected chi connectivity index (χ0v) is 10.9. The van der Waals surface area contributed by atoms with E-state index >= 15 is 0 Å². The van der Waals surface area contributed by atoms with Crippen molar-refractivity contribution in [3.05, 3.63) is 34.9 Å². The fourth-order valence-corrected chi connectivity index (χ4v) is 2.54. The van der Waals surface area contributed by atoms with Gasteiger partial charge in [0.1, 0.15) is 0 Å². The summed E-state index contributed by atoms with van der Waals surface area (Å²) in [6, 6.07) is 8.44. The van der Waals surface area contributed by atoms with E-state index in [9.17, 15) is 0 Å². The molecule has 0 saturated carbocycles. The largest absolute Gasteiger partial charge is 0.383 e. The summed E-state index contributed by atoms with van der Waals surface area (Å²) in [7, 11) is 1.74. The van der Waals surface area contributed by atoms with Gasteiger partial charge < -0.3 is 10.1 Å². The number of nitrogens with zero attached hydrogens (tertiary/aromatic N) is 1. The lowest BCUT2D eigenvalue weighted by Gasteiger charge is -2.36. The first-order chi connectivity index (χ1) is 8.33. The van der Waals surface area contributed by atoms with E-state index in [0.717, 1.165) is 37.8 Å². The molecular weight excluding hydrogens is 236 g/mol. The van der Waals surface area contributed by atoms with E-state index < -0.39 is 0 Å². The van der Waals surface area contributed by atoms with Gasteiger partial charge >= 0.3 is 0 Å². The summed E-state index contributed by atoms with van der Waals surface area (Å²) >= 11 is 6.27. The van der Waals surface area contributed by atoms with Crippen molar-refractivity contribution < 1.29 is 4.74 Å². The molecule has 1 aromatic carbocycles. The first-order valence-corrected chi connectivity index (χ1v) is 6.39. The number of rotatable bonds is 4. The summed E-state index contributed by atoms with van der Waals surface area (Å²) in [5.74, 6) is 0. The normalized spacial score (nSPS) is 21.6. The summed E-state index contributed by atoms with van der Waals surface area (Å²) in [6.07, 6.45) is 0. The molecule has 0 aromatic heterocycles. The Morgan fingerprint density at radius 1 is 1.47 bits per heavy atom. The zero-order valence-electron chi connectivity index (χ0n) is 10.2. The number of hydrogen-bond donors (Lipinski definition) is 1. The van der Waals surface area contributed by atoms with Crippen molar-refractivity contribution in [1.82, 2.24) is 10.2 Å². The van der Waals surface area contributed by atoms with Crippen molar-refractivity contribution in [3.8, 4) is 0 Å². The molecule has 1 atom stereocenters. The molecule has 1 N–H and O–H groups in total. The van der Waals surface area contributed by atoms with Gasteiger partial charge in [-0.25, -0.2) is 0 Å². The highest BCUT2D eigenvalue weighted by Gasteiger charge is 2.24. The van der Waals surface area contributed by atoms with E-state index in [4.69, 9.17) is 16.3 Å². The number of methoxy groups -OCH3 is 1. The molecule has 3 nitrogen and oxygen atoms in total. The predicted octanol–water partition coefficient (Wildman–Crippen LogP) is 1.93. The van der Waals surface area contributed by atoms with Gasteiger partial charge in [0, 0.05) is 44.4 Å². The maximum atomic E-state index is 6.27. The fraction of sp³-hybridized carbons (Fsp3) is 0.538. The molecule has 1 saturated heterocycles. The lowest BCUT2D eigenvalue weighted by Crippen LogP contribution is -2.47. The summed E-state index contributed by atoms with van der Waals surface area (Å²) in [5, 5.41) is 4.28. The molecule has 1 aromatic rings. The van der Waals surface area contributed by atoms with Crippen molar-refractivity contribution in [2.45, 2.75) is 6.04 Å². The van der Waals surface area contributed by atoms with Crippen LogP contribution in [0.2, 0.25) is 5.02 Å². The topological polar surface area (TPSA) is 24.5 Å². The second-order valence-electron chi connectivity index (χ2n) is 4.27. The fourth-order valence-electron chi connectivity index (χ4n) is 2.27. The Bertz CT molecular complexity index is 359. The smallest absolute Gasteiger partial charge is 0.0589 e. The van der Waals surface area contributed by atoms with Gasteiger partial charge in [0.25, 0.3) is 0 Å². The molecule has 1 aliphatic rings. The van der Waals surface area contributed by atoms with Crippen LogP contribution < -0.4 is 5.32 Å². The Morgan fingerprint density at radius 3 is 3.06 bits per heavy atom. The van der Waals surface area contributed by atoms with Crippen LogP contribution in [0.4, 0.5) is 0 Å². The third kappa shape index (κ3) is 3.19. The monoisotopic (exact) mass is 254 g/mol. The van der Waals surface area contributed by atoms with Gasteiger partial charge in [-0.05, 0) is 11.6 Å². The molecule has 1 fully saturated rings. The van der Waals surface area contributed by atoms with E-state index in [1.807, 2.05) is 18.2 Å². The molecule has 0 bridgehead atoms. The minimum absolute atomic E-state index is 0.354. The van der Waals surface area contributed by atoms with E-state index in [1.165, 1.54) is 5.56 Å². The minimum Gasteiger partial charge on any atom is -0.383 e. The number of nitrogens with one attached hydrogen (secondary N) is 1. The summed E-state index contributed by atoms with van der Waals surface area (Å²) in [5.41, 5.74) is 1.21. The lowest BCUT2D eigenvalue weighted by molar-refractivity contribution is 0.104. The highest BCUT2D eigenvalue weighted by Crippen LogP contribution is 2.27. The van der Waals surface area contributed by atoms with Crippen molar-refractivity contribution in [1.29, 1.82) is 0 Å². The number of halogens is 1. The van der Waals surface area contributed by atoms with Gasteiger partial charge in [0.2, 0.25) is 0 Å². The van der Waals surface area contributed by atoms with Gasteiger partial charge in [-0.2, -0.15) is 0 Å². The van der Waals surface area contributed by atoms with Crippen LogP contribution in [0.5, 0.6) is 0 Å². The third-order valence-electron chi connectivity index (χ3n) is 3.20. The van der Waals surface area contributed by atoms with Gasteiger partial charge in [0.05, 0.1) is 6.61 Å². The van der Waals surface area contributed by atoms with Crippen LogP contribution in [0.3, 0.4) is 0 Å². The molecular formula is C13H19ClN2O. The summed E-state index contributed by atoms with van der Waals surface area (Å²) in [4.78, 5) is 2.43. The van der Waals surface area contributed by atoms with Crippen LogP contribution in [0.15, 0.2) is 24.3 Å². The number of benzene rings is 1. The molecule has 1 unspecified atom stereocenters. The summed E-state index contributed by atoms with van der Waals surface area (Å²) < 4.78 is 5.16. The van der Waals surface area contributed by atoms with Crippen LogP contribution in [0, 0.1) is 0 Å². The van der Waals surface area contributed by atoms with Crippen molar-refractivity contribution >= 4 is 11.6 Å². The summed E-state index contributed by atoms with van der Waals surface area (Å²) in [6.45, 7) is 4.74. The highest BCUT2D eigenvalue weighted by atomic mass is 35.5. The van der Waals surface area contributed by atoms with E-state index in [2.05, 4.69) is 16.3 Å². The molecule has 17 heavy (non-hydrogen) atoms. The van der Waals surface area contributed by atoms with Gasteiger partial charge in [-0.15, -0.1) is 0 Å². The van der Waals surface area contributed by atoms with Gasteiger partial charge in [-0.1, -0.05) is 29.8 Å². The molecule has 2 rings (SSSR count). The van der Waals surface area contributed by atoms with Crippen molar-refractivity contribution in [3.63, 3.8) is 0 Å². The van der Waals surface area contributed by atoms with E-state index in [0.29, 0.717) is 6.04 Å². The number of ether oxygens (including phenoxy) is 1. The molecule has 0 radical (unpaired) electrons. The Morgan fingerprint density at radius 2 is 2.29 bits per heavy atom. The SMILES string of the molecule is COCCN1CCNCC1c1ccccc1Cl. The Hall–Kier alpha value is -0.610. The van der Waals surface area contributed by atoms with Crippen molar-refractivity contribution in [2.24, 2.45) is 0 Å². The lowest BCUT2D eigenvalue weighted by atomic mass is 10.0. The molecule has 0 spiro atoms. The van der Waals surface area contributed by atoms with Crippen LogP contribution in [-0.2, 0) is 4.74 Å². The maximum Gasteiger partial charge on any atom is 0.0589 e. The molecule has 1 aliphatic heterocycles. The Kier molecular flexibility index (Phi) is 4.80. The molecule has 94 valence electrons. The molecule has 1 heterocycles. The number of hydrogen-bond acceptors (Lipinski definition) is 3. The maximum absolute atomic E-state index is 6.27. The third-order valence-corrected chi connectivity index (χ3v) is 3.55. The van der Waals surface area contributed by atoms with Crippen LogP contribution in [0.1, 0.15) is 11.6 Å². The quantitative estimate of drug-likeness (QED) is 0.889. The van der Waals surface area contributed by atoms with Gasteiger partial charge in [0.15, 0.2) is 0 Å².